The van der Waals surface area contributed by atoms with Gasteiger partial charge in [-0.2, -0.15) is 20.4 Å². The predicted octanol–water partition coefficient (Wildman–Crippen LogP) is 14.6. The molecule has 12 heterocycles. The highest BCUT2D eigenvalue weighted by Crippen LogP contribution is 2.39. The number of nitrogens with two attached hydrogens (primary N) is 4. The van der Waals surface area contributed by atoms with Crippen molar-refractivity contribution in [3.63, 3.8) is 0 Å². The molecular weight excluding hydrogens is 1860 g/mol. The third-order valence-electron chi connectivity index (χ3n) is 24.2. The average Bonchev–Trinajstić information content (AvgIpc) is 1.39. The second-order valence-electron chi connectivity index (χ2n) is 34.1. The van der Waals surface area contributed by atoms with Crippen LogP contribution in [0.15, 0.2) is 233 Å². The monoisotopic (exact) mass is 1950 g/mol. The lowest BCUT2D eigenvalue weighted by molar-refractivity contribution is 0.253. The molecule has 1 saturated carbocycles. The van der Waals surface area contributed by atoms with E-state index in [2.05, 4.69) is 127 Å². The second kappa shape index (κ2) is 38.0. The molecule has 2 atom stereocenters. The number of aromatic hydroxyl groups is 1. The van der Waals surface area contributed by atoms with Crippen LogP contribution in [0.1, 0.15) is 120 Å². The summed E-state index contributed by atoms with van der Waals surface area (Å²) in [6.45, 7) is 18.2. The van der Waals surface area contributed by atoms with Crippen molar-refractivity contribution in [1.29, 1.82) is 0 Å². The summed E-state index contributed by atoms with van der Waals surface area (Å²) in [7, 11) is 1.55. The number of para-hydroxylation sites is 4. The van der Waals surface area contributed by atoms with E-state index in [-0.39, 0.29) is 77.0 Å². The fraction of sp³-hybridized carbons (Fsp3) is 0.192. The Kier molecular flexibility index (Phi) is 25.3. The summed E-state index contributed by atoms with van der Waals surface area (Å²) in [5.41, 5.74) is 38.7. The number of hydrogen-bond acceptors (Lipinski definition) is 24. The number of nitrogen functional groups attached to an aromatic ring is 4. The maximum atomic E-state index is 14.2. The van der Waals surface area contributed by atoms with Gasteiger partial charge in [0.25, 0.3) is 22.2 Å². The van der Waals surface area contributed by atoms with E-state index in [1.54, 1.807) is 54.8 Å². The van der Waals surface area contributed by atoms with Gasteiger partial charge in [0.1, 0.15) is 98.9 Å². The Morgan fingerprint density at radius 3 is 1.25 bits per heavy atom. The van der Waals surface area contributed by atoms with Gasteiger partial charge in [-0.1, -0.05) is 147 Å². The SMILES string of the molecule is COc1ccccc1-n1c(Cn2nc(-c3cc(O)cc(F)c3)c3c(N)ncnc32)cc2cccc(C)c2c1=O.Cc1cccc2cc(Cn3nc(C#C[C@@H](C)O)c4c(N)ncnc43)n(-c3ccccc3C(C)C)c(=O)c12.Cc1cccc2cc(Cn3nc(I)c4c(N)ncnc43)n(C3CC3)c(=O)c12.Cc1ccccc1-n1c(Cn2nc(C#C[C@H](C)O)c3c(N)ncnc32)cc2cccc(C)c2c1=O. The first-order valence-electron chi connectivity index (χ1n) is 44.3. The number of pyridine rings is 4. The number of aliphatic hydroxyl groups is 2. The number of phenolic OH excluding ortho intramolecular Hbond substituents is 1. The maximum absolute atomic E-state index is 14.2. The van der Waals surface area contributed by atoms with Crippen molar-refractivity contribution in [2.45, 2.75) is 126 Å². The molecule has 0 amide bonds. The number of rotatable bonds is 15. The standard InChI is InChI=1S/C29H23FN6O3.C29H28N6O2.C27H24N6O2.C19H17IN6O/c1-16-6-5-7-17-11-20(36(29(38)24(16)17)22-8-3-4-9-23(22)39-2)14-35-28-25(27(31)32-15-33-28)26(34-35)18-10-19(30)13-21(37)12-18;1-17(2)22-10-5-6-11-24(22)35-21(14-20-9-7-8-18(3)25(20)29(35)37)15-34-28-26(27(30)31-16-32-28)23(33-34)13-12-19(4)36;1-16-7-4-5-10-22(16)33-20(13-19-9-6-8-17(2)23(19)27(33)35)14-32-26-24(25(28)29-15-30-26)21(31-32)12-11-18(3)34;1-10-3-2-4-11-7-13(26(12-5-6-12)19(27)14(10)11)8-25-18-15(16(20)24-25)17(21)22-9-23-18/h3-13,15,37H,14H2,1-2H3,(H2,31,32,33);5-11,14,16-17,19,36H,15H2,1-4H3,(H2,30,31,32);4-10,13,15,18,34H,14H2,1-3H3,(H2,28,29,30);2-4,7,9,12H,5-6,8H2,1H3,(H2,21,22,23)/t;19-;18-;/m.10./s1. The molecule has 8 aromatic carbocycles. The van der Waals surface area contributed by atoms with Crippen molar-refractivity contribution in [2.24, 2.45) is 0 Å². The third-order valence-corrected chi connectivity index (χ3v) is 24.9. The Morgan fingerprint density at radius 2 is 0.797 bits per heavy atom. The first-order valence-corrected chi connectivity index (χ1v) is 45.4. The van der Waals surface area contributed by atoms with Crippen molar-refractivity contribution in [1.82, 2.24) is 97.3 Å². The Balaban J connectivity index is 0.000000123. The molecule has 0 radical (unpaired) electrons. The van der Waals surface area contributed by atoms with E-state index in [1.807, 2.05) is 196 Å². The highest BCUT2D eigenvalue weighted by Gasteiger charge is 2.31. The molecule has 690 valence electrons. The number of nitrogens with zero attached hydrogens (tertiary/aromatic N) is 20. The molecule has 1 aliphatic carbocycles. The Hall–Kier alpha value is -16.7. The summed E-state index contributed by atoms with van der Waals surface area (Å²) >= 11 is 2.15. The van der Waals surface area contributed by atoms with Crippen molar-refractivity contribution in [3.05, 3.63) is 332 Å². The number of aliphatic hydroxyl groups excluding tert-OH is 2. The summed E-state index contributed by atoms with van der Waals surface area (Å²) in [5.74, 6) is 12.1. The van der Waals surface area contributed by atoms with E-state index < -0.39 is 18.0 Å². The summed E-state index contributed by atoms with van der Waals surface area (Å²) in [5, 5.41) is 56.4. The molecule has 21 rings (SSSR count). The Morgan fingerprint density at radius 1 is 0.420 bits per heavy atom. The van der Waals surface area contributed by atoms with Crippen molar-refractivity contribution in [2.75, 3.05) is 30.0 Å². The molecule has 0 unspecified atom stereocenters. The van der Waals surface area contributed by atoms with Crippen LogP contribution >= 0.6 is 22.6 Å². The van der Waals surface area contributed by atoms with Crippen LogP contribution in [0, 0.1) is 67.8 Å². The minimum Gasteiger partial charge on any atom is -0.508 e. The molecule has 0 saturated heterocycles. The van der Waals surface area contributed by atoms with Crippen LogP contribution in [-0.4, -0.2) is 132 Å². The largest absolute Gasteiger partial charge is 0.508 e. The lowest BCUT2D eigenvalue weighted by atomic mass is 10.00. The van der Waals surface area contributed by atoms with Gasteiger partial charge in [-0.05, 0) is 217 Å². The molecule has 34 heteroatoms. The van der Waals surface area contributed by atoms with Crippen molar-refractivity contribution in [3.8, 4) is 63.5 Å². The van der Waals surface area contributed by atoms with Gasteiger partial charge in [0.05, 0.1) is 93.4 Å². The van der Waals surface area contributed by atoms with Gasteiger partial charge in [0.15, 0.2) is 22.6 Å². The molecule has 12 aromatic heterocycles. The molecule has 32 nitrogen and oxygen atoms in total. The molecule has 0 spiro atoms. The van der Waals surface area contributed by atoms with Gasteiger partial charge in [0.2, 0.25) is 0 Å². The number of fused-ring (bicyclic) bond motifs is 8. The summed E-state index contributed by atoms with van der Waals surface area (Å²) in [6.07, 6.45) is 5.95. The normalized spacial score (nSPS) is 12.3. The minimum atomic E-state index is -0.826. The van der Waals surface area contributed by atoms with Crippen LogP contribution in [0.5, 0.6) is 11.5 Å². The first-order chi connectivity index (χ1) is 66.5. The smallest absolute Gasteiger partial charge is 0.263 e. The zero-order chi connectivity index (χ0) is 96.9. The van der Waals surface area contributed by atoms with Gasteiger partial charge in [-0.25, -0.2) is 63.0 Å². The summed E-state index contributed by atoms with van der Waals surface area (Å²) in [6, 6.07) is 58.4. The Bertz CT molecular complexity index is 8700. The quantitative estimate of drug-likeness (QED) is 0.0370. The van der Waals surface area contributed by atoms with Gasteiger partial charge in [-0.15, -0.1) is 0 Å². The number of hydrogen-bond donors (Lipinski definition) is 7. The molecule has 1 aliphatic rings. The molecule has 138 heavy (non-hydrogen) atoms. The minimum absolute atomic E-state index is 0.0848. The van der Waals surface area contributed by atoms with Crippen molar-refractivity contribution >= 4 is 133 Å². The van der Waals surface area contributed by atoms with E-state index in [0.717, 1.165) is 117 Å². The van der Waals surface area contributed by atoms with Gasteiger partial charge >= 0.3 is 0 Å². The second-order valence-corrected chi connectivity index (χ2v) is 35.1. The van der Waals surface area contributed by atoms with Gasteiger partial charge in [-0.3, -0.25) is 32.9 Å². The van der Waals surface area contributed by atoms with Gasteiger partial charge in [0, 0.05) is 40.4 Å². The topological polar surface area (TPSA) is 436 Å². The number of benzene rings is 8. The van der Waals surface area contributed by atoms with Crippen LogP contribution < -0.4 is 49.9 Å². The Labute approximate surface area is 800 Å². The maximum Gasteiger partial charge on any atom is 0.263 e. The van der Waals surface area contributed by atoms with Gasteiger partial charge < -0.3 is 47.6 Å². The number of methoxy groups -OCH3 is 1. The summed E-state index contributed by atoms with van der Waals surface area (Å²) in [4.78, 5) is 89.1. The zero-order valence-electron chi connectivity index (χ0n) is 76.7. The van der Waals surface area contributed by atoms with Crippen LogP contribution in [0.3, 0.4) is 0 Å². The third kappa shape index (κ3) is 17.7. The lowest BCUT2D eigenvalue weighted by Crippen LogP contribution is -2.25. The fourth-order valence-corrected chi connectivity index (χ4v) is 18.5. The molecule has 1 fully saturated rings. The zero-order valence-corrected chi connectivity index (χ0v) is 78.8. The number of aryl methyl sites for hydroxylation is 5. The lowest BCUT2D eigenvalue weighted by Gasteiger charge is -2.20. The highest BCUT2D eigenvalue weighted by molar-refractivity contribution is 14.1. The highest BCUT2D eigenvalue weighted by atomic mass is 127. The van der Waals surface area contributed by atoms with E-state index in [4.69, 9.17) is 32.8 Å². The number of halogens is 2. The molecule has 11 N–H and O–H groups in total. The first kappa shape index (κ1) is 91.8. The fourth-order valence-electron chi connectivity index (χ4n) is 17.7. The average molecular weight is 1950 g/mol. The number of aromatic nitrogens is 20. The number of anilines is 4. The number of phenols is 1. The van der Waals surface area contributed by atoms with E-state index in [9.17, 15) is 38.9 Å². The molecule has 0 bridgehead atoms. The molecular formula is C104H92FIN24O8. The van der Waals surface area contributed by atoms with Crippen LogP contribution in [0.25, 0.3) is 116 Å². The van der Waals surface area contributed by atoms with E-state index in [0.29, 0.717) is 107 Å². The van der Waals surface area contributed by atoms with E-state index >= 15 is 0 Å². The summed E-state index contributed by atoms with van der Waals surface area (Å²) < 4.78 is 34.4. The van der Waals surface area contributed by atoms with E-state index in [1.165, 1.54) is 37.4 Å². The van der Waals surface area contributed by atoms with Crippen LogP contribution in [-0.2, 0) is 26.2 Å². The molecule has 0 aliphatic heterocycles. The van der Waals surface area contributed by atoms with Crippen LogP contribution in [0.2, 0.25) is 0 Å². The van der Waals surface area contributed by atoms with Crippen molar-refractivity contribution < 1.29 is 24.4 Å². The predicted molar refractivity (Wildman–Crippen MR) is 542 cm³/mol. The number of ether oxygens (including phenoxy) is 1. The molecule has 20 aromatic rings. The van der Waals surface area contributed by atoms with Crippen LogP contribution in [0.4, 0.5) is 27.7 Å².